The topological polar surface area (TPSA) is 94.6 Å². The average Bonchev–Trinajstić information content (AvgIpc) is 3.21. The van der Waals surface area contributed by atoms with Gasteiger partial charge in [-0.05, 0) is 46.0 Å². The van der Waals surface area contributed by atoms with E-state index in [0.717, 1.165) is 0 Å². The van der Waals surface area contributed by atoms with Crippen molar-refractivity contribution in [1.82, 2.24) is 15.2 Å². The summed E-state index contributed by atoms with van der Waals surface area (Å²) >= 11 is 4.58. The van der Waals surface area contributed by atoms with E-state index < -0.39 is 11.9 Å². The Kier molecular flexibility index (Phi) is 4.94. The van der Waals surface area contributed by atoms with Crippen molar-refractivity contribution in [3.05, 3.63) is 63.9 Å². The third-order valence-corrected chi connectivity index (χ3v) is 5.61. The molecular formula is C19H15BrN4O3S. The molecule has 0 spiro atoms. The SMILES string of the molecule is CSC1=NC(=O)C(C2=CCNC(=O)c3[nH]c(Br)cc32)N1C(=O)c1ccccc1. The van der Waals surface area contributed by atoms with Crippen LogP contribution in [0.5, 0.6) is 0 Å². The van der Waals surface area contributed by atoms with Crippen molar-refractivity contribution in [1.29, 1.82) is 0 Å². The zero-order valence-corrected chi connectivity index (χ0v) is 17.1. The van der Waals surface area contributed by atoms with Crippen LogP contribution in [0.15, 0.2) is 52.1 Å². The lowest BCUT2D eigenvalue weighted by molar-refractivity contribution is -0.118. The maximum Gasteiger partial charge on any atom is 0.275 e. The van der Waals surface area contributed by atoms with Gasteiger partial charge in [0.2, 0.25) is 0 Å². The number of hydrogen-bond donors (Lipinski definition) is 2. The lowest BCUT2D eigenvalue weighted by atomic mass is 9.97. The molecule has 0 radical (unpaired) electrons. The predicted molar refractivity (Wildman–Crippen MR) is 111 cm³/mol. The highest BCUT2D eigenvalue weighted by Gasteiger charge is 2.43. The van der Waals surface area contributed by atoms with E-state index in [4.69, 9.17) is 0 Å². The number of aliphatic imine (C=N–C) groups is 1. The van der Waals surface area contributed by atoms with E-state index in [1.54, 1.807) is 42.7 Å². The Morgan fingerprint density at radius 2 is 2.04 bits per heavy atom. The zero-order chi connectivity index (χ0) is 19.8. The van der Waals surface area contributed by atoms with Crippen LogP contribution in [0.3, 0.4) is 0 Å². The third-order valence-electron chi connectivity index (χ3n) is 4.53. The van der Waals surface area contributed by atoms with Crippen molar-refractivity contribution in [3.8, 4) is 0 Å². The monoisotopic (exact) mass is 458 g/mol. The number of aromatic amines is 1. The van der Waals surface area contributed by atoms with Gasteiger partial charge in [-0.25, -0.2) is 0 Å². The lowest BCUT2D eigenvalue weighted by Crippen LogP contribution is -2.42. The first-order chi connectivity index (χ1) is 13.5. The van der Waals surface area contributed by atoms with Crippen LogP contribution in [0.4, 0.5) is 0 Å². The Hall–Kier alpha value is -2.65. The van der Waals surface area contributed by atoms with Crippen LogP contribution in [0.2, 0.25) is 0 Å². The van der Waals surface area contributed by atoms with E-state index in [0.29, 0.717) is 32.2 Å². The smallest absolute Gasteiger partial charge is 0.275 e. The highest BCUT2D eigenvalue weighted by molar-refractivity contribution is 9.10. The molecule has 142 valence electrons. The van der Waals surface area contributed by atoms with Gasteiger partial charge in [0, 0.05) is 17.7 Å². The van der Waals surface area contributed by atoms with E-state index in [1.165, 1.54) is 16.7 Å². The van der Waals surface area contributed by atoms with Crippen LogP contribution < -0.4 is 5.32 Å². The molecule has 0 saturated carbocycles. The van der Waals surface area contributed by atoms with E-state index in [9.17, 15) is 14.4 Å². The standard InChI is InChI=1S/C19H15BrN4O3S/c1-28-19-23-17(26)15(24(19)18(27)10-5-3-2-4-6-10)11-7-8-21-16(25)14-12(11)9-13(20)22-14/h2-7,9,15,22H,8H2,1H3,(H,21,25). The molecule has 0 saturated heterocycles. The number of carbonyl (C=O) groups excluding carboxylic acids is 3. The number of amides is 3. The minimum atomic E-state index is -0.927. The Balaban J connectivity index is 1.82. The summed E-state index contributed by atoms with van der Waals surface area (Å²) in [5, 5.41) is 3.10. The molecule has 4 rings (SSSR count). The Bertz CT molecular complexity index is 1040. The fraction of sp³-hybridized carbons (Fsp3) is 0.158. The molecule has 3 heterocycles. The quantitative estimate of drug-likeness (QED) is 0.722. The summed E-state index contributed by atoms with van der Waals surface area (Å²) in [7, 11) is 0. The van der Waals surface area contributed by atoms with E-state index in [2.05, 4.69) is 31.2 Å². The van der Waals surface area contributed by atoms with Gasteiger partial charge in [0.05, 0.1) is 4.60 Å². The summed E-state index contributed by atoms with van der Waals surface area (Å²) in [4.78, 5) is 46.9. The van der Waals surface area contributed by atoms with Gasteiger partial charge in [0.15, 0.2) is 5.17 Å². The Morgan fingerprint density at radius 1 is 1.29 bits per heavy atom. The molecule has 0 bridgehead atoms. The average molecular weight is 459 g/mol. The highest BCUT2D eigenvalue weighted by Crippen LogP contribution is 2.34. The van der Waals surface area contributed by atoms with Crippen LogP contribution in [0.25, 0.3) is 5.57 Å². The molecule has 2 aromatic rings. The molecule has 0 aliphatic carbocycles. The Morgan fingerprint density at radius 3 is 2.75 bits per heavy atom. The molecule has 2 aliphatic rings. The van der Waals surface area contributed by atoms with E-state index in [-0.39, 0.29) is 18.4 Å². The number of H-pyrrole nitrogens is 1. The molecular weight excluding hydrogens is 444 g/mol. The second-order valence-corrected chi connectivity index (χ2v) is 7.78. The first-order valence-electron chi connectivity index (χ1n) is 8.43. The van der Waals surface area contributed by atoms with Gasteiger partial charge in [-0.3, -0.25) is 19.3 Å². The summed E-state index contributed by atoms with van der Waals surface area (Å²) in [5.74, 6) is -1.02. The van der Waals surface area contributed by atoms with Crippen molar-refractivity contribution >= 4 is 56.2 Å². The van der Waals surface area contributed by atoms with Crippen LogP contribution in [-0.2, 0) is 4.79 Å². The van der Waals surface area contributed by atoms with Gasteiger partial charge in [-0.1, -0.05) is 36.0 Å². The summed E-state index contributed by atoms with van der Waals surface area (Å²) in [6.07, 6.45) is 3.53. The van der Waals surface area contributed by atoms with Crippen molar-refractivity contribution in [2.45, 2.75) is 6.04 Å². The van der Waals surface area contributed by atoms with Crippen molar-refractivity contribution in [2.24, 2.45) is 4.99 Å². The van der Waals surface area contributed by atoms with Crippen LogP contribution >= 0.6 is 27.7 Å². The molecule has 7 nitrogen and oxygen atoms in total. The summed E-state index contributed by atoms with van der Waals surface area (Å²) in [6, 6.07) is 9.57. The normalized spacial score (nSPS) is 18.9. The minimum Gasteiger partial charge on any atom is -0.347 e. The number of amidine groups is 1. The number of nitrogens with one attached hydrogen (secondary N) is 2. The summed E-state index contributed by atoms with van der Waals surface area (Å²) < 4.78 is 0.609. The van der Waals surface area contributed by atoms with Gasteiger partial charge in [0.1, 0.15) is 11.7 Å². The van der Waals surface area contributed by atoms with Gasteiger partial charge >= 0.3 is 0 Å². The number of halogens is 1. The second-order valence-electron chi connectivity index (χ2n) is 6.16. The number of hydrogen-bond acceptors (Lipinski definition) is 4. The van der Waals surface area contributed by atoms with Gasteiger partial charge in [0.25, 0.3) is 17.7 Å². The molecule has 28 heavy (non-hydrogen) atoms. The van der Waals surface area contributed by atoms with Crippen molar-refractivity contribution in [2.75, 3.05) is 12.8 Å². The maximum absolute atomic E-state index is 13.2. The summed E-state index contributed by atoms with van der Waals surface area (Å²) in [6.45, 7) is 0.250. The lowest BCUT2D eigenvalue weighted by Gasteiger charge is -2.26. The van der Waals surface area contributed by atoms with Gasteiger partial charge in [-0.2, -0.15) is 4.99 Å². The molecule has 9 heteroatoms. The first-order valence-corrected chi connectivity index (χ1v) is 10.4. The largest absolute Gasteiger partial charge is 0.347 e. The van der Waals surface area contributed by atoms with Gasteiger partial charge < -0.3 is 10.3 Å². The fourth-order valence-electron chi connectivity index (χ4n) is 3.31. The third kappa shape index (κ3) is 3.10. The molecule has 2 N–H and O–H groups in total. The first kappa shape index (κ1) is 18.7. The number of benzene rings is 1. The van der Waals surface area contributed by atoms with Crippen molar-refractivity contribution in [3.63, 3.8) is 0 Å². The van der Waals surface area contributed by atoms with Crippen LogP contribution in [0.1, 0.15) is 26.4 Å². The minimum absolute atomic E-state index is 0.250. The van der Waals surface area contributed by atoms with Crippen molar-refractivity contribution < 1.29 is 14.4 Å². The Labute approximate surface area is 173 Å². The second kappa shape index (κ2) is 7.40. The number of thioether (sulfide) groups is 1. The van der Waals surface area contributed by atoms with E-state index >= 15 is 0 Å². The molecule has 1 unspecified atom stereocenters. The molecule has 1 aromatic carbocycles. The molecule has 2 aliphatic heterocycles. The molecule has 1 aromatic heterocycles. The molecule has 1 atom stereocenters. The fourth-order valence-corrected chi connectivity index (χ4v) is 4.30. The summed E-state index contributed by atoms with van der Waals surface area (Å²) in [5.41, 5.74) is 1.94. The highest BCUT2D eigenvalue weighted by atomic mass is 79.9. The van der Waals surface area contributed by atoms with Crippen LogP contribution in [0, 0.1) is 0 Å². The zero-order valence-electron chi connectivity index (χ0n) is 14.7. The van der Waals surface area contributed by atoms with Crippen LogP contribution in [-0.4, -0.2) is 51.6 Å². The molecule has 0 fully saturated rings. The van der Waals surface area contributed by atoms with Gasteiger partial charge in [-0.15, -0.1) is 0 Å². The van der Waals surface area contributed by atoms with E-state index in [1.807, 2.05) is 6.07 Å². The number of rotatable bonds is 2. The number of carbonyl (C=O) groups is 3. The number of nitrogens with zero attached hydrogens (tertiary/aromatic N) is 2. The number of fused-ring (bicyclic) bond motifs is 1. The molecule has 3 amide bonds. The number of aromatic nitrogens is 1. The maximum atomic E-state index is 13.2. The predicted octanol–water partition coefficient (Wildman–Crippen LogP) is 2.67.